The van der Waals surface area contributed by atoms with Crippen molar-refractivity contribution in [2.75, 3.05) is 26.4 Å². The summed E-state index contributed by atoms with van der Waals surface area (Å²) >= 11 is 0. The van der Waals surface area contributed by atoms with Crippen molar-refractivity contribution in [3.8, 4) is 5.75 Å². The molecule has 9 heteroatoms. The highest BCUT2D eigenvalue weighted by molar-refractivity contribution is 5.83. The predicted octanol–water partition coefficient (Wildman–Crippen LogP) is 2.52. The average Bonchev–Trinajstić information content (AvgIpc) is 2.77. The summed E-state index contributed by atoms with van der Waals surface area (Å²) in [5, 5.41) is 2.80. The van der Waals surface area contributed by atoms with E-state index in [9.17, 15) is 14.4 Å². The van der Waals surface area contributed by atoms with Crippen LogP contribution in [0.25, 0.3) is 0 Å². The Hall–Kier alpha value is -2.74. The molecule has 9 nitrogen and oxygen atoms in total. The molecule has 1 rings (SSSR count). The Bertz CT molecular complexity index is 702. The number of rotatable bonds is 16. The summed E-state index contributed by atoms with van der Waals surface area (Å²) in [6.07, 6.45) is 3.67. The van der Waals surface area contributed by atoms with Gasteiger partial charge in [-0.2, -0.15) is 4.99 Å². The molecule has 0 bridgehead atoms. The number of nitrogens with one attached hydrogen (secondary N) is 1. The van der Waals surface area contributed by atoms with E-state index in [0.29, 0.717) is 18.9 Å². The maximum absolute atomic E-state index is 12.3. The molecule has 172 valence electrons. The summed E-state index contributed by atoms with van der Waals surface area (Å²) in [6, 6.07) is 5.93. The summed E-state index contributed by atoms with van der Waals surface area (Å²) < 4.78 is 10.7. The largest absolute Gasteiger partial charge is 0.476 e. The molecule has 1 amide bonds. The van der Waals surface area contributed by atoms with Crippen molar-refractivity contribution < 1.29 is 33.6 Å². The van der Waals surface area contributed by atoms with Gasteiger partial charge in [0.15, 0.2) is 0 Å². The first-order valence-corrected chi connectivity index (χ1v) is 10.6. The molecule has 0 radical (unpaired) electrons. The van der Waals surface area contributed by atoms with E-state index in [-0.39, 0.29) is 25.5 Å². The number of aliphatic imine (C=N–C) groups is 1. The molecule has 2 atom stereocenters. The van der Waals surface area contributed by atoms with Crippen LogP contribution in [-0.4, -0.2) is 56.5 Å². The monoisotopic (exact) mass is 436 g/mol. The van der Waals surface area contributed by atoms with E-state index >= 15 is 0 Å². The third-order valence-corrected chi connectivity index (χ3v) is 4.19. The second kappa shape index (κ2) is 16.0. The van der Waals surface area contributed by atoms with Crippen molar-refractivity contribution in [3.05, 3.63) is 29.8 Å². The normalized spacial score (nSPS) is 12.4. The summed E-state index contributed by atoms with van der Waals surface area (Å²) in [5.41, 5.74) is 0.776. The fraction of sp³-hybridized carbons (Fsp3) is 0.591. The van der Waals surface area contributed by atoms with E-state index in [1.807, 2.05) is 0 Å². The van der Waals surface area contributed by atoms with Crippen LogP contribution in [-0.2, 0) is 35.3 Å². The number of benzene rings is 1. The molecule has 0 spiro atoms. The van der Waals surface area contributed by atoms with Crippen LogP contribution >= 0.6 is 0 Å². The number of hydrogen-bond acceptors (Lipinski definition) is 8. The number of ether oxygens (including phenoxy) is 2. The number of carbonyl (C=O) groups is 2. The van der Waals surface area contributed by atoms with Crippen LogP contribution in [0, 0.1) is 0 Å². The molecule has 0 aliphatic heterocycles. The first-order valence-electron chi connectivity index (χ1n) is 10.6. The lowest BCUT2D eigenvalue weighted by Gasteiger charge is -2.17. The van der Waals surface area contributed by atoms with Crippen LogP contribution < -0.4 is 10.1 Å². The molecule has 0 aliphatic carbocycles. The Kier molecular flexibility index (Phi) is 13.6. The quantitative estimate of drug-likeness (QED) is 0.106. The number of nitrogens with zero attached hydrogens (tertiary/aromatic N) is 1. The van der Waals surface area contributed by atoms with Crippen LogP contribution in [0.15, 0.2) is 29.3 Å². The number of unbranched alkanes of at least 4 members (excludes halogenated alkanes) is 2. The fourth-order valence-corrected chi connectivity index (χ4v) is 2.64. The zero-order chi connectivity index (χ0) is 22.9. The Labute approximate surface area is 183 Å². The molecular formula is C22H32N2O7. The van der Waals surface area contributed by atoms with Crippen molar-refractivity contribution in [1.29, 1.82) is 0 Å². The molecule has 0 heterocycles. The second-order valence-electron chi connectivity index (χ2n) is 6.63. The molecule has 0 aromatic heterocycles. The highest BCUT2D eigenvalue weighted by Crippen LogP contribution is 2.17. The Balaban J connectivity index is 2.72. The third-order valence-electron chi connectivity index (χ3n) is 4.19. The number of hydrogen-bond donors (Lipinski definition) is 1. The Morgan fingerprint density at radius 3 is 2.42 bits per heavy atom. The number of esters is 1. The topological polar surface area (TPSA) is 113 Å². The molecule has 0 fully saturated rings. The van der Waals surface area contributed by atoms with E-state index in [4.69, 9.17) is 19.2 Å². The van der Waals surface area contributed by atoms with E-state index in [1.165, 1.54) is 6.08 Å². The summed E-state index contributed by atoms with van der Waals surface area (Å²) in [6.45, 7) is 6.51. The predicted molar refractivity (Wildman–Crippen MR) is 113 cm³/mol. The van der Waals surface area contributed by atoms with Crippen LogP contribution in [0.5, 0.6) is 5.75 Å². The van der Waals surface area contributed by atoms with Gasteiger partial charge < -0.3 is 14.8 Å². The molecule has 1 aromatic carbocycles. The van der Waals surface area contributed by atoms with Crippen LogP contribution in [0.4, 0.5) is 0 Å². The van der Waals surface area contributed by atoms with Crippen molar-refractivity contribution in [2.24, 2.45) is 4.99 Å². The van der Waals surface area contributed by atoms with Gasteiger partial charge in [-0.05, 0) is 38.0 Å². The maximum Gasteiger partial charge on any atom is 0.349 e. The summed E-state index contributed by atoms with van der Waals surface area (Å²) in [7, 11) is 0. The Morgan fingerprint density at radius 2 is 1.81 bits per heavy atom. The van der Waals surface area contributed by atoms with Gasteiger partial charge in [-0.1, -0.05) is 31.9 Å². The van der Waals surface area contributed by atoms with E-state index < -0.39 is 18.1 Å². The van der Waals surface area contributed by atoms with Gasteiger partial charge >= 0.3 is 5.97 Å². The molecular weight excluding hydrogens is 404 g/mol. The summed E-state index contributed by atoms with van der Waals surface area (Å²) in [5.74, 6) is -0.456. The van der Waals surface area contributed by atoms with Crippen LogP contribution in [0.1, 0.15) is 45.6 Å². The van der Waals surface area contributed by atoms with Gasteiger partial charge in [-0.3, -0.25) is 4.79 Å². The SMILES string of the molecule is CCCCCNC(=O)C(Cc1ccc(OC(COOCC)C(=O)OCC)cc1)N=C=O. The van der Waals surface area contributed by atoms with Gasteiger partial charge in [0.05, 0.1) is 13.2 Å². The average molecular weight is 437 g/mol. The van der Waals surface area contributed by atoms with Gasteiger partial charge in [0.25, 0.3) is 0 Å². The number of amides is 1. The van der Waals surface area contributed by atoms with E-state index in [0.717, 1.165) is 24.8 Å². The minimum atomic E-state index is -0.987. The highest BCUT2D eigenvalue weighted by Gasteiger charge is 2.23. The van der Waals surface area contributed by atoms with Gasteiger partial charge in [0, 0.05) is 13.0 Å². The molecule has 0 saturated carbocycles. The lowest BCUT2D eigenvalue weighted by molar-refractivity contribution is -0.299. The van der Waals surface area contributed by atoms with Gasteiger partial charge in [0.2, 0.25) is 18.1 Å². The Morgan fingerprint density at radius 1 is 1.06 bits per heavy atom. The zero-order valence-corrected chi connectivity index (χ0v) is 18.4. The lowest BCUT2D eigenvalue weighted by Crippen LogP contribution is -2.35. The standard InChI is InChI=1S/C22H32N2O7/c1-4-7-8-13-23-21(26)19(24-16-25)14-17-9-11-18(12-10-17)31-20(15-30-29-6-3)22(27)28-5-2/h9-12,19-20H,4-8,13-15H2,1-3H3,(H,23,26). The molecule has 0 aliphatic rings. The molecule has 2 unspecified atom stereocenters. The molecule has 1 aromatic rings. The number of carbonyl (C=O) groups excluding carboxylic acids is 3. The van der Waals surface area contributed by atoms with Crippen molar-refractivity contribution in [1.82, 2.24) is 5.32 Å². The third kappa shape index (κ3) is 10.7. The molecule has 31 heavy (non-hydrogen) atoms. The minimum absolute atomic E-state index is 0.122. The maximum atomic E-state index is 12.3. The number of isocyanates is 1. The van der Waals surface area contributed by atoms with Crippen molar-refractivity contribution >= 4 is 18.0 Å². The van der Waals surface area contributed by atoms with Gasteiger partial charge in [-0.15, -0.1) is 0 Å². The zero-order valence-electron chi connectivity index (χ0n) is 18.4. The van der Waals surface area contributed by atoms with Crippen molar-refractivity contribution in [2.45, 2.75) is 58.6 Å². The van der Waals surface area contributed by atoms with E-state index in [2.05, 4.69) is 17.2 Å². The van der Waals surface area contributed by atoms with Crippen molar-refractivity contribution in [3.63, 3.8) is 0 Å². The lowest BCUT2D eigenvalue weighted by atomic mass is 10.1. The van der Waals surface area contributed by atoms with Gasteiger partial charge in [-0.25, -0.2) is 19.4 Å². The second-order valence-corrected chi connectivity index (χ2v) is 6.63. The summed E-state index contributed by atoms with van der Waals surface area (Å²) in [4.78, 5) is 48.5. The molecule has 0 saturated heterocycles. The first-order chi connectivity index (χ1) is 15.0. The van der Waals surface area contributed by atoms with Crippen LogP contribution in [0.2, 0.25) is 0 Å². The fourth-order valence-electron chi connectivity index (χ4n) is 2.64. The minimum Gasteiger partial charge on any atom is -0.476 e. The smallest absolute Gasteiger partial charge is 0.349 e. The van der Waals surface area contributed by atoms with E-state index in [1.54, 1.807) is 38.1 Å². The van der Waals surface area contributed by atoms with Gasteiger partial charge in [0.1, 0.15) is 18.4 Å². The first kappa shape index (κ1) is 26.3. The highest BCUT2D eigenvalue weighted by atomic mass is 17.2. The van der Waals surface area contributed by atoms with Crippen LogP contribution in [0.3, 0.4) is 0 Å². The molecule has 1 N–H and O–H groups in total.